The highest BCUT2D eigenvalue weighted by molar-refractivity contribution is 6.67. The molecule has 0 aromatic heterocycles. The fourth-order valence-corrected chi connectivity index (χ4v) is 2.57. The van der Waals surface area contributed by atoms with E-state index in [0.717, 1.165) is 0 Å². The van der Waals surface area contributed by atoms with E-state index in [9.17, 15) is 9.59 Å². The lowest BCUT2D eigenvalue weighted by Crippen LogP contribution is -2.31. The Kier molecular flexibility index (Phi) is 9.16. The lowest BCUT2D eigenvalue weighted by atomic mass is 10.0. The molecule has 0 saturated heterocycles. The normalized spacial score (nSPS) is 13.2. The van der Waals surface area contributed by atoms with Gasteiger partial charge in [0.2, 0.25) is 0 Å². The molecule has 4 nitrogen and oxygen atoms in total. The number of carbonyl (C=O) groups is 2. The van der Waals surface area contributed by atoms with Crippen LogP contribution in [0.25, 0.3) is 0 Å². The number of rotatable bonds is 7. The summed E-state index contributed by atoms with van der Waals surface area (Å²) >= 11 is 22.8. The summed E-state index contributed by atoms with van der Waals surface area (Å²) in [6.07, 6.45) is 0.00165. The number of esters is 2. The highest BCUT2D eigenvalue weighted by atomic mass is 35.6. The van der Waals surface area contributed by atoms with Crippen LogP contribution in [-0.2, 0) is 19.1 Å². The van der Waals surface area contributed by atoms with Crippen LogP contribution in [0.4, 0.5) is 0 Å². The van der Waals surface area contributed by atoms with Crippen molar-refractivity contribution >= 4 is 58.3 Å². The first-order valence-electron chi connectivity index (χ1n) is 5.75. The van der Waals surface area contributed by atoms with E-state index in [0.29, 0.717) is 0 Å². The zero-order valence-corrected chi connectivity index (χ0v) is 13.7. The number of hydrogen-bond acceptors (Lipinski definition) is 4. The standard InChI is InChI=1S/C11H16Cl4O4/c1-3-18-9(16)8(10(17)19-4-2)5-7(12)6-11(13,14)15/h7-8H,3-6H2,1-2H3. The molecule has 0 N–H and O–H groups in total. The van der Waals surface area contributed by atoms with Gasteiger partial charge in [0.05, 0.1) is 13.2 Å². The minimum Gasteiger partial charge on any atom is -0.465 e. The van der Waals surface area contributed by atoms with E-state index < -0.39 is 27.0 Å². The Hall–Kier alpha value is 0.1000. The van der Waals surface area contributed by atoms with E-state index in [2.05, 4.69) is 0 Å². The Morgan fingerprint density at radius 3 is 1.79 bits per heavy atom. The zero-order valence-electron chi connectivity index (χ0n) is 10.6. The molecule has 0 aromatic carbocycles. The highest BCUT2D eigenvalue weighted by Crippen LogP contribution is 2.35. The number of hydrogen-bond donors (Lipinski definition) is 0. The molecule has 0 radical (unpaired) electrons. The van der Waals surface area contributed by atoms with Crippen LogP contribution >= 0.6 is 46.4 Å². The van der Waals surface area contributed by atoms with Crippen molar-refractivity contribution in [1.29, 1.82) is 0 Å². The SMILES string of the molecule is CCOC(=O)C(CC(Cl)CC(Cl)(Cl)Cl)C(=O)OCC. The summed E-state index contributed by atoms with van der Waals surface area (Å²) in [5.41, 5.74) is 0. The molecule has 0 aliphatic carbocycles. The van der Waals surface area contributed by atoms with Gasteiger partial charge in [-0.2, -0.15) is 0 Å². The van der Waals surface area contributed by atoms with Gasteiger partial charge in [-0.3, -0.25) is 9.59 Å². The molecule has 0 aromatic rings. The first kappa shape index (κ1) is 19.1. The lowest BCUT2D eigenvalue weighted by Gasteiger charge is -2.19. The zero-order chi connectivity index (χ0) is 15.1. The molecular weight excluding hydrogens is 338 g/mol. The van der Waals surface area contributed by atoms with Crippen molar-refractivity contribution in [3.05, 3.63) is 0 Å². The van der Waals surface area contributed by atoms with E-state index >= 15 is 0 Å². The molecule has 112 valence electrons. The maximum absolute atomic E-state index is 11.7. The van der Waals surface area contributed by atoms with Crippen LogP contribution in [0.15, 0.2) is 0 Å². The Morgan fingerprint density at radius 1 is 1.05 bits per heavy atom. The van der Waals surface area contributed by atoms with Crippen LogP contribution in [0, 0.1) is 5.92 Å². The van der Waals surface area contributed by atoms with Crippen molar-refractivity contribution in [3.8, 4) is 0 Å². The maximum Gasteiger partial charge on any atom is 0.320 e. The largest absolute Gasteiger partial charge is 0.465 e. The minimum absolute atomic E-state index is 0.00681. The topological polar surface area (TPSA) is 52.6 Å². The molecular formula is C11H16Cl4O4. The summed E-state index contributed by atoms with van der Waals surface area (Å²) in [5.74, 6) is -2.47. The molecule has 1 atom stereocenters. The van der Waals surface area contributed by atoms with Crippen molar-refractivity contribution in [2.24, 2.45) is 5.92 Å². The summed E-state index contributed by atoms with van der Waals surface area (Å²) in [6, 6.07) is 0. The number of carbonyl (C=O) groups excluding carboxylic acids is 2. The predicted octanol–water partition coefficient (Wildman–Crippen LogP) is 3.49. The van der Waals surface area contributed by atoms with Gasteiger partial charge in [-0.15, -0.1) is 11.6 Å². The number of halogens is 4. The smallest absolute Gasteiger partial charge is 0.320 e. The molecule has 0 heterocycles. The van der Waals surface area contributed by atoms with Gasteiger partial charge in [-0.25, -0.2) is 0 Å². The van der Waals surface area contributed by atoms with Crippen LogP contribution in [0.2, 0.25) is 0 Å². The Labute approximate surface area is 132 Å². The van der Waals surface area contributed by atoms with Gasteiger partial charge in [0.1, 0.15) is 0 Å². The molecule has 1 unspecified atom stereocenters. The van der Waals surface area contributed by atoms with Crippen molar-refractivity contribution in [1.82, 2.24) is 0 Å². The maximum atomic E-state index is 11.7. The van der Waals surface area contributed by atoms with Gasteiger partial charge in [0.15, 0.2) is 9.71 Å². The van der Waals surface area contributed by atoms with E-state index in [1.807, 2.05) is 0 Å². The molecule has 0 aliphatic rings. The summed E-state index contributed by atoms with van der Waals surface area (Å²) < 4.78 is 8.07. The van der Waals surface area contributed by atoms with E-state index in [1.54, 1.807) is 13.8 Å². The predicted molar refractivity (Wildman–Crippen MR) is 75.9 cm³/mol. The number of ether oxygens (including phenoxy) is 2. The fourth-order valence-electron chi connectivity index (χ4n) is 1.36. The van der Waals surface area contributed by atoms with Crippen LogP contribution in [0.1, 0.15) is 26.7 Å². The Morgan fingerprint density at radius 2 is 1.47 bits per heavy atom. The van der Waals surface area contributed by atoms with E-state index in [1.165, 1.54) is 0 Å². The Bertz CT molecular complexity index is 286. The lowest BCUT2D eigenvalue weighted by molar-refractivity contribution is -0.161. The van der Waals surface area contributed by atoms with E-state index in [-0.39, 0.29) is 26.1 Å². The number of alkyl halides is 4. The minimum atomic E-state index is -1.54. The monoisotopic (exact) mass is 352 g/mol. The van der Waals surface area contributed by atoms with Crippen molar-refractivity contribution < 1.29 is 19.1 Å². The molecule has 8 heteroatoms. The molecule has 0 saturated carbocycles. The van der Waals surface area contributed by atoms with Crippen LogP contribution in [-0.4, -0.2) is 34.3 Å². The Balaban J connectivity index is 4.66. The van der Waals surface area contributed by atoms with Gasteiger partial charge in [0, 0.05) is 11.8 Å². The first-order chi connectivity index (χ1) is 8.71. The summed E-state index contributed by atoms with van der Waals surface area (Å²) in [7, 11) is 0. The second-order valence-electron chi connectivity index (χ2n) is 3.71. The molecule has 19 heavy (non-hydrogen) atoms. The molecule has 0 fully saturated rings. The van der Waals surface area contributed by atoms with Crippen LogP contribution < -0.4 is 0 Å². The van der Waals surface area contributed by atoms with Gasteiger partial charge < -0.3 is 9.47 Å². The van der Waals surface area contributed by atoms with Gasteiger partial charge in [0.25, 0.3) is 0 Å². The summed E-state index contributed by atoms with van der Waals surface area (Å²) in [4.78, 5) is 23.4. The average Bonchev–Trinajstić information content (AvgIpc) is 2.24. The average molecular weight is 354 g/mol. The second-order valence-corrected chi connectivity index (χ2v) is 6.84. The molecule has 0 bridgehead atoms. The van der Waals surface area contributed by atoms with E-state index in [4.69, 9.17) is 55.9 Å². The quantitative estimate of drug-likeness (QED) is 0.399. The molecule has 0 amide bonds. The summed E-state index contributed by atoms with van der Waals surface area (Å²) in [5, 5.41) is -0.661. The second kappa shape index (κ2) is 9.11. The first-order valence-corrected chi connectivity index (χ1v) is 7.32. The third-order valence-corrected chi connectivity index (χ3v) is 2.88. The molecule has 0 rings (SSSR count). The highest BCUT2D eigenvalue weighted by Gasteiger charge is 2.34. The third kappa shape index (κ3) is 8.79. The van der Waals surface area contributed by atoms with Gasteiger partial charge >= 0.3 is 11.9 Å². The van der Waals surface area contributed by atoms with Gasteiger partial charge in [-0.05, 0) is 20.3 Å². The molecule has 0 spiro atoms. The molecule has 0 aliphatic heterocycles. The van der Waals surface area contributed by atoms with Crippen molar-refractivity contribution in [3.63, 3.8) is 0 Å². The third-order valence-electron chi connectivity index (χ3n) is 2.09. The van der Waals surface area contributed by atoms with Crippen LogP contribution in [0.5, 0.6) is 0 Å². The van der Waals surface area contributed by atoms with Crippen LogP contribution in [0.3, 0.4) is 0 Å². The summed E-state index contributed by atoms with van der Waals surface area (Å²) in [6.45, 7) is 3.59. The van der Waals surface area contributed by atoms with Crippen molar-refractivity contribution in [2.75, 3.05) is 13.2 Å². The van der Waals surface area contributed by atoms with Crippen molar-refractivity contribution in [2.45, 2.75) is 35.9 Å². The van der Waals surface area contributed by atoms with Gasteiger partial charge in [-0.1, -0.05) is 34.8 Å². The fraction of sp³-hybridized carbons (Fsp3) is 0.818.